The normalized spacial score (nSPS) is 12.0. The standard InChI is InChI=1S/C34H61N3O7/c1-6-7-8-9-10-11-12-13-14-15-16-17-18-19-20-22-30(40)35-24-21-25-36-31(41)23-26-37-33(42)32(44-29(3)39)34(4,5)27-43-28(2)38/h13-14,32H,6-12,15-27H2,1-5H3,(H,35,40)(H,36,41)(H,37,42). The van der Waals surface area contributed by atoms with E-state index in [0.29, 0.717) is 25.9 Å². The molecule has 1 unspecified atom stereocenters. The van der Waals surface area contributed by atoms with E-state index in [4.69, 9.17) is 9.47 Å². The molecule has 0 bridgehead atoms. The van der Waals surface area contributed by atoms with E-state index < -0.39 is 29.4 Å². The maximum atomic E-state index is 12.6. The fourth-order valence-corrected chi connectivity index (χ4v) is 4.57. The fraction of sp³-hybridized carbons (Fsp3) is 0.794. The van der Waals surface area contributed by atoms with Crippen LogP contribution in [0.1, 0.15) is 137 Å². The van der Waals surface area contributed by atoms with Crippen molar-refractivity contribution >= 4 is 29.7 Å². The lowest BCUT2D eigenvalue weighted by molar-refractivity contribution is -0.166. The van der Waals surface area contributed by atoms with Crippen LogP contribution >= 0.6 is 0 Å². The Balaban J connectivity index is 3.84. The second kappa shape index (κ2) is 26.5. The maximum absolute atomic E-state index is 12.6. The topological polar surface area (TPSA) is 140 Å². The molecular weight excluding hydrogens is 562 g/mol. The van der Waals surface area contributed by atoms with Crippen LogP contribution in [0, 0.1) is 5.41 Å². The number of hydrogen-bond acceptors (Lipinski definition) is 7. The van der Waals surface area contributed by atoms with Crippen molar-refractivity contribution in [2.45, 2.75) is 143 Å². The number of carbonyl (C=O) groups excluding carboxylic acids is 5. The third kappa shape index (κ3) is 24.5. The van der Waals surface area contributed by atoms with Gasteiger partial charge in [-0.05, 0) is 38.5 Å². The summed E-state index contributed by atoms with van der Waals surface area (Å²) in [7, 11) is 0. The van der Waals surface area contributed by atoms with Crippen molar-refractivity contribution in [2.24, 2.45) is 5.41 Å². The monoisotopic (exact) mass is 623 g/mol. The summed E-state index contributed by atoms with van der Waals surface area (Å²) in [6.07, 6.45) is 20.6. The lowest BCUT2D eigenvalue weighted by Gasteiger charge is -2.31. The van der Waals surface area contributed by atoms with E-state index >= 15 is 0 Å². The molecule has 0 heterocycles. The maximum Gasteiger partial charge on any atom is 0.303 e. The van der Waals surface area contributed by atoms with Gasteiger partial charge in [-0.15, -0.1) is 0 Å². The molecule has 0 aromatic heterocycles. The van der Waals surface area contributed by atoms with Crippen LogP contribution in [0.15, 0.2) is 12.2 Å². The summed E-state index contributed by atoms with van der Waals surface area (Å²) >= 11 is 0. The largest absolute Gasteiger partial charge is 0.465 e. The Bertz CT molecular complexity index is 858. The lowest BCUT2D eigenvalue weighted by atomic mass is 9.86. The fourth-order valence-electron chi connectivity index (χ4n) is 4.57. The van der Waals surface area contributed by atoms with Crippen LogP contribution in [0.3, 0.4) is 0 Å². The molecule has 0 rings (SSSR count). The zero-order valence-corrected chi connectivity index (χ0v) is 28.2. The van der Waals surface area contributed by atoms with Crippen LogP contribution in [-0.4, -0.2) is 62.0 Å². The summed E-state index contributed by atoms with van der Waals surface area (Å²) in [4.78, 5) is 59.4. The summed E-state index contributed by atoms with van der Waals surface area (Å²) in [5.41, 5.74) is -0.960. The molecule has 10 nitrogen and oxygen atoms in total. The van der Waals surface area contributed by atoms with Crippen molar-refractivity contribution < 1.29 is 33.4 Å². The van der Waals surface area contributed by atoms with Crippen LogP contribution < -0.4 is 16.0 Å². The van der Waals surface area contributed by atoms with Gasteiger partial charge in [-0.3, -0.25) is 24.0 Å². The van der Waals surface area contributed by atoms with Crippen molar-refractivity contribution in [3.8, 4) is 0 Å². The summed E-state index contributed by atoms with van der Waals surface area (Å²) in [6, 6.07) is 0. The first-order valence-electron chi connectivity index (χ1n) is 16.8. The molecule has 0 aromatic carbocycles. The second-order valence-electron chi connectivity index (χ2n) is 12.2. The van der Waals surface area contributed by atoms with Gasteiger partial charge in [0.15, 0.2) is 6.10 Å². The van der Waals surface area contributed by atoms with E-state index in [-0.39, 0.29) is 31.4 Å². The Hall–Kier alpha value is -2.91. The van der Waals surface area contributed by atoms with E-state index in [1.165, 1.54) is 71.6 Å². The number of ether oxygens (including phenoxy) is 2. The Labute approximate surface area is 266 Å². The van der Waals surface area contributed by atoms with Crippen molar-refractivity contribution in [3.63, 3.8) is 0 Å². The molecule has 10 heteroatoms. The predicted octanol–water partition coefficient (Wildman–Crippen LogP) is 5.67. The molecule has 1 atom stereocenters. The van der Waals surface area contributed by atoms with Gasteiger partial charge in [0.2, 0.25) is 11.8 Å². The van der Waals surface area contributed by atoms with Crippen molar-refractivity contribution in [3.05, 3.63) is 12.2 Å². The highest BCUT2D eigenvalue weighted by molar-refractivity contribution is 5.85. The number of allylic oxidation sites excluding steroid dienone is 2. The van der Waals surface area contributed by atoms with Gasteiger partial charge < -0.3 is 25.4 Å². The van der Waals surface area contributed by atoms with Crippen LogP contribution in [0.2, 0.25) is 0 Å². The molecule has 3 amide bonds. The van der Waals surface area contributed by atoms with Crippen molar-refractivity contribution in [2.75, 3.05) is 26.2 Å². The molecule has 0 aliphatic heterocycles. The number of unbranched alkanes of at least 4 members (excludes halogenated alkanes) is 11. The van der Waals surface area contributed by atoms with Crippen LogP contribution in [0.4, 0.5) is 0 Å². The zero-order chi connectivity index (χ0) is 33.1. The third-order valence-corrected chi connectivity index (χ3v) is 7.19. The Kier molecular flexibility index (Phi) is 24.7. The summed E-state index contributed by atoms with van der Waals surface area (Å²) in [5, 5.41) is 8.27. The van der Waals surface area contributed by atoms with Gasteiger partial charge in [0.05, 0.1) is 0 Å². The molecule has 0 fully saturated rings. The molecule has 254 valence electrons. The summed E-state index contributed by atoms with van der Waals surface area (Å²) < 4.78 is 10.2. The molecule has 0 aromatic rings. The molecule has 3 N–H and O–H groups in total. The Morgan fingerprint density at radius 1 is 0.636 bits per heavy atom. The number of carbonyl (C=O) groups is 5. The van der Waals surface area contributed by atoms with Crippen molar-refractivity contribution in [1.29, 1.82) is 0 Å². The highest BCUT2D eigenvalue weighted by atomic mass is 16.6. The molecular formula is C34H61N3O7. The number of esters is 2. The van der Waals surface area contributed by atoms with E-state index in [2.05, 4.69) is 35.0 Å². The molecule has 0 saturated carbocycles. The number of hydrogen-bond donors (Lipinski definition) is 3. The van der Waals surface area contributed by atoms with Crippen LogP contribution in [0.25, 0.3) is 0 Å². The summed E-state index contributed by atoms with van der Waals surface area (Å²) in [5.74, 6) is -1.92. The average Bonchev–Trinajstić information content (AvgIpc) is 2.96. The van der Waals surface area contributed by atoms with Gasteiger partial charge in [-0.1, -0.05) is 84.3 Å². The number of nitrogens with one attached hydrogen (secondary N) is 3. The van der Waals surface area contributed by atoms with E-state index in [9.17, 15) is 24.0 Å². The first-order valence-corrected chi connectivity index (χ1v) is 16.8. The zero-order valence-electron chi connectivity index (χ0n) is 28.2. The van der Waals surface area contributed by atoms with Gasteiger partial charge >= 0.3 is 11.9 Å². The summed E-state index contributed by atoms with van der Waals surface area (Å²) in [6.45, 7) is 8.83. The molecule has 0 spiro atoms. The van der Waals surface area contributed by atoms with Gasteiger partial charge in [0.1, 0.15) is 6.61 Å². The van der Waals surface area contributed by atoms with Gasteiger partial charge in [-0.25, -0.2) is 0 Å². The van der Waals surface area contributed by atoms with E-state index in [1.807, 2.05) is 0 Å². The van der Waals surface area contributed by atoms with Crippen LogP contribution in [0.5, 0.6) is 0 Å². The van der Waals surface area contributed by atoms with Crippen LogP contribution in [-0.2, 0) is 33.4 Å². The van der Waals surface area contributed by atoms with Gasteiger partial charge in [0.25, 0.3) is 5.91 Å². The molecule has 0 radical (unpaired) electrons. The lowest BCUT2D eigenvalue weighted by Crippen LogP contribution is -2.49. The van der Waals surface area contributed by atoms with E-state index in [0.717, 1.165) is 25.7 Å². The quantitative estimate of drug-likeness (QED) is 0.0608. The Morgan fingerprint density at radius 2 is 1.16 bits per heavy atom. The first-order chi connectivity index (χ1) is 21.0. The second-order valence-corrected chi connectivity index (χ2v) is 12.2. The highest BCUT2D eigenvalue weighted by Crippen LogP contribution is 2.24. The minimum Gasteiger partial charge on any atom is -0.465 e. The highest BCUT2D eigenvalue weighted by Gasteiger charge is 2.39. The SMILES string of the molecule is CCCCCCCCC=CCCCCCCCC(=O)NCCCNC(=O)CCNC(=O)C(OC(C)=O)C(C)(C)COC(C)=O. The van der Waals surface area contributed by atoms with E-state index in [1.54, 1.807) is 13.8 Å². The van der Waals surface area contributed by atoms with Gasteiger partial charge in [0, 0.05) is 51.7 Å². The van der Waals surface area contributed by atoms with Gasteiger partial charge in [-0.2, -0.15) is 0 Å². The molecule has 0 saturated heterocycles. The number of rotatable bonds is 27. The first kappa shape index (κ1) is 41.1. The van der Waals surface area contributed by atoms with Crippen molar-refractivity contribution in [1.82, 2.24) is 16.0 Å². The predicted molar refractivity (Wildman–Crippen MR) is 174 cm³/mol. The minimum absolute atomic E-state index is 0.0376. The smallest absolute Gasteiger partial charge is 0.303 e. The molecule has 0 aliphatic rings. The Morgan fingerprint density at radius 3 is 1.70 bits per heavy atom. The molecule has 44 heavy (non-hydrogen) atoms. The number of amides is 3. The molecule has 0 aliphatic carbocycles. The third-order valence-electron chi connectivity index (χ3n) is 7.19. The average molecular weight is 624 g/mol. The minimum atomic E-state index is -1.18.